The van der Waals surface area contributed by atoms with Crippen LogP contribution >= 0.6 is 0 Å². The maximum absolute atomic E-state index is 4.48. The molecule has 2 aromatic heterocycles. The molecule has 158 valence electrons. The second-order valence-corrected chi connectivity index (χ2v) is 7.75. The molecule has 0 atom stereocenters. The fourth-order valence-corrected chi connectivity index (χ4v) is 4.09. The first-order valence-corrected chi connectivity index (χ1v) is 10.6. The Kier molecular flexibility index (Phi) is 6.41. The number of benzene rings is 1. The summed E-state index contributed by atoms with van der Waals surface area (Å²) in [6.45, 7) is 3.60. The molecule has 1 saturated heterocycles. The summed E-state index contributed by atoms with van der Waals surface area (Å²) >= 11 is 0. The zero-order valence-electron chi connectivity index (χ0n) is 17.8. The number of fused-ring (bicyclic) bond motifs is 1. The third kappa shape index (κ3) is 4.69. The molecular formula is C22H30N8. The van der Waals surface area contributed by atoms with Gasteiger partial charge in [0, 0.05) is 40.3 Å². The van der Waals surface area contributed by atoms with Gasteiger partial charge in [-0.25, -0.2) is 9.97 Å². The number of guanidine groups is 1. The number of hydrogen-bond acceptors (Lipinski definition) is 5. The van der Waals surface area contributed by atoms with Crippen molar-refractivity contribution < 1.29 is 0 Å². The second kappa shape index (κ2) is 9.56. The quantitative estimate of drug-likeness (QED) is 0.371. The fraction of sp³-hybridized carbons (Fsp3) is 0.455. The highest BCUT2D eigenvalue weighted by molar-refractivity contribution is 5.86. The third-order valence-corrected chi connectivity index (χ3v) is 5.72. The number of nitrogens with zero attached hydrogens (tertiary/aromatic N) is 6. The summed E-state index contributed by atoms with van der Waals surface area (Å²) in [4.78, 5) is 15.5. The van der Waals surface area contributed by atoms with Gasteiger partial charge in [-0.05, 0) is 30.7 Å². The Hall–Kier alpha value is -3.16. The van der Waals surface area contributed by atoms with E-state index in [1.165, 1.54) is 24.8 Å². The van der Waals surface area contributed by atoms with E-state index in [0.29, 0.717) is 0 Å². The molecule has 0 radical (unpaired) electrons. The molecule has 0 unspecified atom stereocenters. The van der Waals surface area contributed by atoms with Gasteiger partial charge in [0.1, 0.15) is 12.1 Å². The highest BCUT2D eigenvalue weighted by atomic mass is 15.3. The Morgan fingerprint density at radius 3 is 2.70 bits per heavy atom. The first kappa shape index (κ1) is 20.1. The van der Waals surface area contributed by atoms with Crippen molar-refractivity contribution in [2.75, 3.05) is 38.5 Å². The van der Waals surface area contributed by atoms with Gasteiger partial charge in [0.05, 0.1) is 11.6 Å². The predicted molar refractivity (Wildman–Crippen MR) is 121 cm³/mol. The van der Waals surface area contributed by atoms with Gasteiger partial charge in [0.2, 0.25) is 0 Å². The Balaban J connectivity index is 1.22. The molecule has 0 bridgehead atoms. The van der Waals surface area contributed by atoms with Crippen LogP contribution in [-0.4, -0.2) is 63.8 Å². The summed E-state index contributed by atoms with van der Waals surface area (Å²) in [6.07, 6.45) is 6.94. The van der Waals surface area contributed by atoms with E-state index in [-0.39, 0.29) is 0 Å². The molecule has 8 nitrogen and oxygen atoms in total. The van der Waals surface area contributed by atoms with Crippen LogP contribution in [0.2, 0.25) is 0 Å². The van der Waals surface area contributed by atoms with Gasteiger partial charge in [-0.2, -0.15) is 5.10 Å². The molecule has 2 N–H and O–H groups in total. The SMILES string of the molecule is CN=C(NCCNc1ncnc2c1cnn2C)N1CCC(Cc2ccccc2)CC1. The molecule has 1 aliphatic rings. The summed E-state index contributed by atoms with van der Waals surface area (Å²) in [5.41, 5.74) is 2.27. The number of nitrogens with one attached hydrogen (secondary N) is 2. The zero-order chi connectivity index (χ0) is 20.8. The van der Waals surface area contributed by atoms with E-state index in [4.69, 9.17) is 0 Å². The molecule has 0 aliphatic carbocycles. The van der Waals surface area contributed by atoms with Crippen LogP contribution in [0.25, 0.3) is 11.0 Å². The normalized spacial score (nSPS) is 15.5. The van der Waals surface area contributed by atoms with Crippen LogP contribution in [0.5, 0.6) is 0 Å². The van der Waals surface area contributed by atoms with E-state index in [2.05, 4.69) is 65.9 Å². The van der Waals surface area contributed by atoms with Gasteiger partial charge in [-0.3, -0.25) is 9.67 Å². The van der Waals surface area contributed by atoms with Crippen LogP contribution in [0.4, 0.5) is 5.82 Å². The molecule has 1 fully saturated rings. The smallest absolute Gasteiger partial charge is 0.193 e. The van der Waals surface area contributed by atoms with Crippen molar-refractivity contribution in [2.24, 2.45) is 18.0 Å². The first-order chi connectivity index (χ1) is 14.7. The number of hydrogen-bond donors (Lipinski definition) is 2. The number of anilines is 1. The predicted octanol–water partition coefficient (Wildman–Crippen LogP) is 2.31. The Morgan fingerprint density at radius 2 is 1.93 bits per heavy atom. The lowest BCUT2D eigenvalue weighted by Crippen LogP contribution is -2.46. The lowest BCUT2D eigenvalue weighted by molar-refractivity contribution is 0.259. The van der Waals surface area contributed by atoms with Gasteiger partial charge >= 0.3 is 0 Å². The molecule has 3 aromatic rings. The Labute approximate surface area is 177 Å². The topological polar surface area (TPSA) is 83.3 Å². The summed E-state index contributed by atoms with van der Waals surface area (Å²) < 4.78 is 1.75. The maximum atomic E-state index is 4.48. The van der Waals surface area contributed by atoms with Gasteiger partial charge in [0.25, 0.3) is 0 Å². The van der Waals surface area contributed by atoms with Crippen molar-refractivity contribution in [3.05, 3.63) is 48.4 Å². The summed E-state index contributed by atoms with van der Waals surface area (Å²) in [7, 11) is 3.74. The highest BCUT2D eigenvalue weighted by Gasteiger charge is 2.21. The molecule has 1 aromatic carbocycles. The van der Waals surface area contributed by atoms with Crippen molar-refractivity contribution in [2.45, 2.75) is 19.3 Å². The van der Waals surface area contributed by atoms with Crippen molar-refractivity contribution >= 4 is 22.8 Å². The minimum absolute atomic E-state index is 0.741. The molecule has 0 spiro atoms. The zero-order valence-corrected chi connectivity index (χ0v) is 17.8. The van der Waals surface area contributed by atoms with E-state index in [9.17, 15) is 0 Å². The van der Waals surface area contributed by atoms with Crippen molar-refractivity contribution in [1.82, 2.24) is 30.0 Å². The molecule has 8 heteroatoms. The van der Waals surface area contributed by atoms with E-state index >= 15 is 0 Å². The van der Waals surface area contributed by atoms with E-state index in [0.717, 1.165) is 54.9 Å². The summed E-state index contributed by atoms with van der Waals surface area (Å²) in [5, 5.41) is 12.0. The van der Waals surface area contributed by atoms with Crippen molar-refractivity contribution in [1.29, 1.82) is 0 Å². The molecule has 30 heavy (non-hydrogen) atoms. The second-order valence-electron chi connectivity index (χ2n) is 7.75. The monoisotopic (exact) mass is 406 g/mol. The van der Waals surface area contributed by atoms with Crippen molar-refractivity contribution in [3.8, 4) is 0 Å². The number of aliphatic imine (C=N–C) groups is 1. The van der Waals surface area contributed by atoms with Crippen LogP contribution in [0.1, 0.15) is 18.4 Å². The van der Waals surface area contributed by atoms with Gasteiger partial charge < -0.3 is 15.5 Å². The minimum atomic E-state index is 0.741. The first-order valence-electron chi connectivity index (χ1n) is 10.6. The average Bonchev–Trinajstić information content (AvgIpc) is 3.17. The Bertz CT molecular complexity index is 973. The average molecular weight is 407 g/mol. The standard InChI is InChI=1S/C22H30N8/c1-23-22(30-12-8-18(9-13-30)14-17-6-4-3-5-7-17)25-11-10-24-20-19-15-28-29(2)21(19)27-16-26-20/h3-7,15-16,18H,8-14H2,1-2H3,(H,23,25)(H,24,26,27). The number of aromatic nitrogens is 4. The van der Waals surface area contributed by atoms with Gasteiger partial charge in [0.15, 0.2) is 11.6 Å². The maximum Gasteiger partial charge on any atom is 0.193 e. The fourth-order valence-electron chi connectivity index (χ4n) is 4.09. The highest BCUT2D eigenvalue weighted by Crippen LogP contribution is 2.21. The molecule has 0 amide bonds. The largest absolute Gasteiger partial charge is 0.368 e. The number of aryl methyl sites for hydroxylation is 1. The number of rotatable bonds is 6. The van der Waals surface area contributed by atoms with Crippen LogP contribution in [-0.2, 0) is 13.5 Å². The minimum Gasteiger partial charge on any atom is -0.368 e. The Morgan fingerprint density at radius 1 is 1.13 bits per heavy atom. The molecular weight excluding hydrogens is 376 g/mol. The third-order valence-electron chi connectivity index (χ3n) is 5.72. The van der Waals surface area contributed by atoms with E-state index in [1.807, 2.05) is 14.1 Å². The molecule has 4 rings (SSSR count). The van der Waals surface area contributed by atoms with Crippen LogP contribution < -0.4 is 10.6 Å². The molecule has 1 aliphatic heterocycles. The summed E-state index contributed by atoms with van der Waals surface area (Å²) in [6, 6.07) is 10.8. The number of piperidine rings is 1. The van der Waals surface area contributed by atoms with E-state index in [1.54, 1.807) is 17.2 Å². The van der Waals surface area contributed by atoms with Gasteiger partial charge in [-0.15, -0.1) is 0 Å². The number of likely N-dealkylation sites (tertiary alicyclic amines) is 1. The van der Waals surface area contributed by atoms with Crippen molar-refractivity contribution in [3.63, 3.8) is 0 Å². The van der Waals surface area contributed by atoms with Gasteiger partial charge in [-0.1, -0.05) is 30.3 Å². The van der Waals surface area contributed by atoms with Crippen LogP contribution in [0.15, 0.2) is 47.8 Å². The van der Waals surface area contributed by atoms with Crippen LogP contribution in [0.3, 0.4) is 0 Å². The summed E-state index contributed by atoms with van der Waals surface area (Å²) in [5.74, 6) is 2.54. The lowest BCUT2D eigenvalue weighted by Gasteiger charge is -2.34. The molecule has 3 heterocycles. The van der Waals surface area contributed by atoms with Crippen LogP contribution in [0, 0.1) is 5.92 Å². The lowest BCUT2D eigenvalue weighted by atomic mass is 9.90. The molecule has 0 saturated carbocycles. The van der Waals surface area contributed by atoms with E-state index < -0.39 is 0 Å².